The number of carboxylic acid groups (broad SMARTS) is 1. The van der Waals surface area contributed by atoms with Crippen LogP contribution in [0.15, 0.2) is 11.8 Å². The highest BCUT2D eigenvalue weighted by atomic mass is 16.5. The van der Waals surface area contributed by atoms with Gasteiger partial charge in [0.15, 0.2) is 0 Å². The van der Waals surface area contributed by atoms with Crippen molar-refractivity contribution in [3.8, 4) is 0 Å². The Balaban J connectivity index is 1.36. The molecule has 5 rings (SSSR count). The van der Waals surface area contributed by atoms with Crippen molar-refractivity contribution in [2.24, 2.45) is 28.6 Å². The topological polar surface area (TPSA) is 147 Å². The second-order valence-corrected chi connectivity index (χ2v) is 12.3. The Hall–Kier alpha value is -2.26. The molecule has 0 saturated heterocycles. The first-order valence-corrected chi connectivity index (χ1v) is 13.7. The van der Waals surface area contributed by atoms with E-state index in [1.165, 1.54) is 0 Å². The average molecular weight is 519 g/mol. The highest BCUT2D eigenvalue weighted by Crippen LogP contribution is 2.70. The van der Waals surface area contributed by atoms with Gasteiger partial charge in [0.2, 0.25) is 0 Å². The smallest absolute Gasteiger partial charge is 0.310 e. The van der Waals surface area contributed by atoms with Crippen molar-refractivity contribution < 1.29 is 44.0 Å². The summed E-state index contributed by atoms with van der Waals surface area (Å²) >= 11 is 0. The number of aliphatic hydroxyl groups is 2. The SMILES string of the molecule is C[C@]12CCC3[C@@H](CC[C@]4(O)C[C@@H](OC(=O)CCC(=O)O)CC[C@]34C=O)[C@@]1(O)CC[C@@H]2C1=COC(=O)CC1. The van der Waals surface area contributed by atoms with Crippen LogP contribution in [-0.4, -0.2) is 56.8 Å². The van der Waals surface area contributed by atoms with Gasteiger partial charge in [0.05, 0.1) is 35.7 Å². The molecule has 0 radical (unpaired) electrons. The summed E-state index contributed by atoms with van der Waals surface area (Å²) in [5.74, 6) is -2.11. The summed E-state index contributed by atoms with van der Waals surface area (Å²) in [6.45, 7) is 2.14. The molecule has 0 spiro atoms. The van der Waals surface area contributed by atoms with Crippen molar-refractivity contribution in [1.29, 1.82) is 0 Å². The Kier molecular flexibility index (Phi) is 6.54. The predicted octanol–water partition coefficient (Wildman–Crippen LogP) is 3.05. The number of allylic oxidation sites excluding steroid dienone is 1. The number of aldehydes is 1. The highest BCUT2D eigenvalue weighted by Gasteiger charge is 2.71. The molecule has 5 aliphatic rings. The summed E-state index contributed by atoms with van der Waals surface area (Å²) in [6, 6.07) is 0. The molecule has 0 aromatic heterocycles. The lowest BCUT2D eigenvalue weighted by atomic mass is 9.41. The summed E-state index contributed by atoms with van der Waals surface area (Å²) in [6.07, 6.45) is 7.05. The number of hydrogen-bond donors (Lipinski definition) is 3. The van der Waals surface area contributed by atoms with Crippen LogP contribution in [-0.2, 0) is 28.7 Å². The average Bonchev–Trinajstić information content (AvgIpc) is 3.14. The molecule has 37 heavy (non-hydrogen) atoms. The summed E-state index contributed by atoms with van der Waals surface area (Å²) in [5.41, 5.74) is -2.66. The lowest BCUT2D eigenvalue weighted by Crippen LogP contribution is -2.69. The quantitative estimate of drug-likeness (QED) is 0.356. The Morgan fingerprint density at radius 2 is 1.81 bits per heavy atom. The van der Waals surface area contributed by atoms with Gasteiger partial charge in [0, 0.05) is 18.3 Å². The number of carboxylic acids is 1. The molecule has 9 nitrogen and oxygen atoms in total. The fourth-order valence-corrected chi connectivity index (χ4v) is 9.04. The van der Waals surface area contributed by atoms with E-state index in [1.807, 2.05) is 0 Å². The molecule has 1 heterocycles. The van der Waals surface area contributed by atoms with Crippen molar-refractivity contribution in [3.63, 3.8) is 0 Å². The normalized spacial score (nSPS) is 44.9. The molecule has 0 aromatic rings. The minimum atomic E-state index is -1.34. The Bertz CT molecular complexity index is 1020. The maximum absolute atomic E-state index is 12.8. The van der Waals surface area contributed by atoms with Crippen molar-refractivity contribution in [1.82, 2.24) is 0 Å². The third kappa shape index (κ3) is 3.95. The van der Waals surface area contributed by atoms with E-state index < -0.39 is 40.1 Å². The molecule has 0 bridgehead atoms. The van der Waals surface area contributed by atoms with Crippen LogP contribution in [0.5, 0.6) is 0 Å². The number of aliphatic carboxylic acids is 1. The zero-order valence-corrected chi connectivity index (χ0v) is 21.4. The number of hydrogen-bond acceptors (Lipinski definition) is 8. The molecule has 4 fully saturated rings. The van der Waals surface area contributed by atoms with E-state index in [0.29, 0.717) is 57.8 Å². The molecule has 4 saturated carbocycles. The van der Waals surface area contributed by atoms with E-state index in [9.17, 15) is 29.4 Å². The molecule has 3 N–H and O–H groups in total. The van der Waals surface area contributed by atoms with Crippen LogP contribution in [0.4, 0.5) is 0 Å². The summed E-state index contributed by atoms with van der Waals surface area (Å²) in [4.78, 5) is 47.3. The first kappa shape index (κ1) is 26.4. The number of ether oxygens (including phenoxy) is 2. The van der Waals surface area contributed by atoms with Gasteiger partial charge in [0.25, 0.3) is 0 Å². The number of cyclic esters (lactones) is 1. The fourth-order valence-electron chi connectivity index (χ4n) is 9.04. The summed E-state index contributed by atoms with van der Waals surface area (Å²) in [5, 5.41) is 33.0. The number of fused-ring (bicyclic) bond motifs is 5. The number of esters is 2. The standard InChI is InChI=1S/C28H38O9/c1-25-10-7-20-21(28(25,35)13-9-19(25)17-2-4-23(32)36-15-17)8-12-27(34)14-18(6-11-26(20,27)16-29)37-24(33)5-3-22(30)31/h15-16,18-21,34-35H,2-14H2,1H3,(H,30,31)/t18-,19+,20?,21+,25+,26-,27-,28-/m0/s1. The molecule has 0 amide bonds. The largest absolute Gasteiger partial charge is 0.481 e. The molecule has 204 valence electrons. The highest BCUT2D eigenvalue weighted by molar-refractivity contribution is 5.76. The second-order valence-electron chi connectivity index (χ2n) is 12.3. The number of rotatable bonds is 6. The molecule has 4 aliphatic carbocycles. The summed E-state index contributed by atoms with van der Waals surface area (Å²) in [7, 11) is 0. The molecule has 0 aromatic carbocycles. The third-order valence-corrected chi connectivity index (χ3v) is 10.9. The van der Waals surface area contributed by atoms with Gasteiger partial charge in [0.1, 0.15) is 12.4 Å². The van der Waals surface area contributed by atoms with E-state index >= 15 is 0 Å². The third-order valence-electron chi connectivity index (χ3n) is 10.9. The van der Waals surface area contributed by atoms with Gasteiger partial charge < -0.3 is 29.6 Å². The Morgan fingerprint density at radius 3 is 2.49 bits per heavy atom. The maximum atomic E-state index is 12.8. The van der Waals surface area contributed by atoms with Crippen molar-refractivity contribution in [2.75, 3.05) is 0 Å². The van der Waals surface area contributed by atoms with Crippen LogP contribution in [0.1, 0.15) is 90.4 Å². The van der Waals surface area contributed by atoms with E-state index in [-0.39, 0.29) is 43.0 Å². The number of carbonyl (C=O) groups is 4. The van der Waals surface area contributed by atoms with Gasteiger partial charge in [-0.25, -0.2) is 0 Å². The Morgan fingerprint density at radius 1 is 1.05 bits per heavy atom. The first-order chi connectivity index (χ1) is 17.5. The van der Waals surface area contributed by atoms with Crippen LogP contribution in [0.3, 0.4) is 0 Å². The van der Waals surface area contributed by atoms with Gasteiger partial charge in [-0.1, -0.05) is 6.92 Å². The van der Waals surface area contributed by atoms with Crippen molar-refractivity contribution >= 4 is 24.2 Å². The minimum absolute atomic E-state index is 0.112. The Labute approximate surface area is 216 Å². The van der Waals surface area contributed by atoms with Crippen LogP contribution < -0.4 is 0 Å². The van der Waals surface area contributed by atoms with Gasteiger partial charge >= 0.3 is 17.9 Å². The van der Waals surface area contributed by atoms with Gasteiger partial charge in [-0.2, -0.15) is 0 Å². The molecule has 8 atom stereocenters. The van der Waals surface area contributed by atoms with E-state index in [4.69, 9.17) is 14.6 Å². The lowest BCUT2D eigenvalue weighted by molar-refractivity contribution is -0.249. The van der Waals surface area contributed by atoms with Crippen LogP contribution in [0.2, 0.25) is 0 Å². The number of carbonyl (C=O) groups excluding carboxylic acids is 3. The molecular weight excluding hydrogens is 480 g/mol. The van der Waals surface area contributed by atoms with Crippen molar-refractivity contribution in [3.05, 3.63) is 11.8 Å². The zero-order valence-electron chi connectivity index (χ0n) is 21.4. The van der Waals surface area contributed by atoms with Gasteiger partial charge in [-0.3, -0.25) is 14.4 Å². The molecule has 1 unspecified atom stereocenters. The van der Waals surface area contributed by atoms with Gasteiger partial charge in [-0.15, -0.1) is 0 Å². The van der Waals surface area contributed by atoms with Crippen LogP contribution in [0, 0.1) is 28.6 Å². The lowest BCUT2D eigenvalue weighted by Gasteiger charge is -2.65. The van der Waals surface area contributed by atoms with Crippen LogP contribution in [0.25, 0.3) is 0 Å². The van der Waals surface area contributed by atoms with Crippen LogP contribution >= 0.6 is 0 Å². The van der Waals surface area contributed by atoms with Crippen molar-refractivity contribution in [2.45, 2.75) is 108 Å². The second kappa shape index (κ2) is 9.19. The molecule has 1 aliphatic heterocycles. The summed E-state index contributed by atoms with van der Waals surface area (Å²) < 4.78 is 10.7. The van der Waals surface area contributed by atoms with E-state index in [1.54, 1.807) is 6.26 Å². The molecular formula is C28H38O9. The zero-order chi connectivity index (χ0) is 26.6. The minimum Gasteiger partial charge on any atom is -0.481 e. The maximum Gasteiger partial charge on any atom is 0.310 e. The monoisotopic (exact) mass is 518 g/mol. The van der Waals surface area contributed by atoms with E-state index in [2.05, 4.69) is 6.92 Å². The van der Waals surface area contributed by atoms with E-state index in [0.717, 1.165) is 18.3 Å². The van der Waals surface area contributed by atoms with Gasteiger partial charge in [-0.05, 0) is 81.1 Å². The predicted molar refractivity (Wildman–Crippen MR) is 129 cm³/mol. The first-order valence-electron chi connectivity index (χ1n) is 13.7. The fraction of sp³-hybridized carbons (Fsp3) is 0.786. The molecule has 9 heteroatoms.